The Hall–Kier alpha value is -3.35. The molecule has 2 aromatic rings. The summed E-state index contributed by atoms with van der Waals surface area (Å²) >= 11 is 0. The van der Waals surface area contributed by atoms with Crippen LogP contribution in [-0.2, 0) is 20.8 Å². The Morgan fingerprint density at radius 1 is 1.04 bits per heavy atom. The average molecular weight is 384 g/mol. The predicted molar refractivity (Wildman–Crippen MR) is 105 cm³/mol. The van der Waals surface area contributed by atoms with Crippen molar-refractivity contribution in [3.63, 3.8) is 0 Å². The van der Waals surface area contributed by atoms with Gasteiger partial charge in [0.2, 0.25) is 11.8 Å². The predicted octanol–water partition coefficient (Wildman–Crippen LogP) is 2.62. The van der Waals surface area contributed by atoms with Crippen LogP contribution in [0.15, 0.2) is 54.6 Å². The van der Waals surface area contributed by atoms with Crippen LogP contribution in [0.4, 0.5) is 5.69 Å². The maximum absolute atomic E-state index is 12.6. The molecule has 0 aromatic heterocycles. The minimum atomic E-state index is -1.06. The lowest BCUT2D eigenvalue weighted by Gasteiger charge is -2.18. The number of rotatable bonds is 10. The highest BCUT2D eigenvalue weighted by molar-refractivity contribution is 5.97. The van der Waals surface area contributed by atoms with Gasteiger partial charge in [0.05, 0.1) is 6.42 Å². The highest BCUT2D eigenvalue weighted by atomic mass is 16.5. The van der Waals surface area contributed by atoms with Gasteiger partial charge >= 0.3 is 5.97 Å². The third kappa shape index (κ3) is 7.11. The van der Waals surface area contributed by atoms with Gasteiger partial charge in [-0.25, -0.2) is 4.79 Å². The number of ether oxygens (including phenoxy) is 1. The first-order chi connectivity index (χ1) is 13.5. The molecular formula is C21H24N2O5. The molecule has 2 aromatic carbocycles. The van der Waals surface area contributed by atoms with Crippen molar-refractivity contribution in [2.75, 3.05) is 11.9 Å². The second-order valence-electron chi connectivity index (χ2n) is 6.27. The van der Waals surface area contributed by atoms with Crippen LogP contribution in [0.25, 0.3) is 0 Å². The molecule has 2 rings (SSSR count). The van der Waals surface area contributed by atoms with Crippen LogP contribution in [-0.4, -0.2) is 35.5 Å². The van der Waals surface area contributed by atoms with Crippen molar-refractivity contribution in [1.29, 1.82) is 0 Å². The number of carboxylic acids is 1. The van der Waals surface area contributed by atoms with E-state index in [1.54, 1.807) is 24.3 Å². The molecule has 0 bridgehead atoms. The Morgan fingerprint density at radius 3 is 2.32 bits per heavy atom. The van der Waals surface area contributed by atoms with Gasteiger partial charge in [0.1, 0.15) is 11.8 Å². The largest absolute Gasteiger partial charge is 0.482 e. The van der Waals surface area contributed by atoms with Crippen molar-refractivity contribution in [2.24, 2.45) is 0 Å². The number of aliphatic carboxylic acids is 1. The minimum absolute atomic E-state index is 0.211. The van der Waals surface area contributed by atoms with Crippen LogP contribution >= 0.6 is 0 Å². The Kier molecular flexibility index (Phi) is 8.02. The SMILES string of the molecule is CCCC(NC(=O)Cc1ccccc1)C(=O)Nc1ccc(OCC(=O)O)cc1. The van der Waals surface area contributed by atoms with Crippen molar-refractivity contribution in [1.82, 2.24) is 5.32 Å². The van der Waals surface area contributed by atoms with Gasteiger partial charge in [0.15, 0.2) is 6.61 Å². The molecule has 0 aliphatic heterocycles. The van der Waals surface area contributed by atoms with Crippen molar-refractivity contribution in [3.05, 3.63) is 60.2 Å². The van der Waals surface area contributed by atoms with Crippen LogP contribution in [0.1, 0.15) is 25.3 Å². The molecular weight excluding hydrogens is 360 g/mol. The summed E-state index contributed by atoms with van der Waals surface area (Å²) in [5.41, 5.74) is 1.42. The molecule has 1 atom stereocenters. The molecule has 148 valence electrons. The van der Waals surface area contributed by atoms with E-state index in [2.05, 4.69) is 10.6 Å². The van der Waals surface area contributed by atoms with E-state index in [9.17, 15) is 14.4 Å². The van der Waals surface area contributed by atoms with Gasteiger partial charge in [-0.2, -0.15) is 0 Å². The molecule has 3 N–H and O–H groups in total. The molecule has 0 heterocycles. The van der Waals surface area contributed by atoms with E-state index in [0.29, 0.717) is 17.9 Å². The molecule has 7 heteroatoms. The normalized spacial score (nSPS) is 11.3. The van der Waals surface area contributed by atoms with Gasteiger partial charge < -0.3 is 20.5 Å². The quantitative estimate of drug-likeness (QED) is 0.584. The van der Waals surface area contributed by atoms with E-state index in [4.69, 9.17) is 9.84 Å². The topological polar surface area (TPSA) is 105 Å². The summed E-state index contributed by atoms with van der Waals surface area (Å²) in [7, 11) is 0. The fraction of sp³-hybridized carbons (Fsp3) is 0.286. The first kappa shape index (κ1) is 21.0. The maximum atomic E-state index is 12.6. The van der Waals surface area contributed by atoms with Crippen LogP contribution in [0.3, 0.4) is 0 Å². The van der Waals surface area contributed by atoms with Gasteiger partial charge in [-0.1, -0.05) is 43.7 Å². The van der Waals surface area contributed by atoms with E-state index in [0.717, 1.165) is 12.0 Å². The Balaban J connectivity index is 1.92. The smallest absolute Gasteiger partial charge is 0.341 e. The molecule has 0 saturated heterocycles. The molecule has 0 aliphatic rings. The number of benzene rings is 2. The maximum Gasteiger partial charge on any atom is 0.341 e. The van der Waals surface area contributed by atoms with Gasteiger partial charge in [-0.3, -0.25) is 9.59 Å². The monoisotopic (exact) mass is 384 g/mol. The average Bonchev–Trinajstić information content (AvgIpc) is 2.67. The number of amides is 2. The Bertz CT molecular complexity index is 790. The van der Waals surface area contributed by atoms with Crippen LogP contribution in [0.2, 0.25) is 0 Å². The summed E-state index contributed by atoms with van der Waals surface area (Å²) in [4.78, 5) is 35.3. The van der Waals surface area contributed by atoms with E-state index in [1.807, 2.05) is 37.3 Å². The second kappa shape index (κ2) is 10.7. The fourth-order valence-electron chi connectivity index (χ4n) is 2.59. The van der Waals surface area contributed by atoms with Crippen molar-refractivity contribution >= 4 is 23.5 Å². The number of nitrogens with one attached hydrogen (secondary N) is 2. The van der Waals surface area contributed by atoms with E-state index in [-0.39, 0.29) is 18.2 Å². The molecule has 0 spiro atoms. The number of carbonyl (C=O) groups excluding carboxylic acids is 2. The first-order valence-electron chi connectivity index (χ1n) is 9.06. The highest BCUT2D eigenvalue weighted by Gasteiger charge is 2.20. The van der Waals surface area contributed by atoms with Crippen molar-refractivity contribution in [2.45, 2.75) is 32.2 Å². The van der Waals surface area contributed by atoms with Gasteiger partial charge in [-0.05, 0) is 36.2 Å². The first-order valence-corrected chi connectivity index (χ1v) is 9.06. The summed E-state index contributed by atoms with van der Waals surface area (Å²) in [5, 5.41) is 14.2. The molecule has 0 radical (unpaired) electrons. The van der Waals surface area contributed by atoms with Crippen molar-refractivity contribution in [3.8, 4) is 5.75 Å². The number of carbonyl (C=O) groups is 3. The van der Waals surface area contributed by atoms with Crippen LogP contribution in [0.5, 0.6) is 5.75 Å². The standard InChI is InChI=1S/C21H24N2O5/c1-2-6-18(23-19(24)13-15-7-4-3-5-8-15)21(27)22-16-9-11-17(12-10-16)28-14-20(25)26/h3-5,7-12,18H,2,6,13-14H2,1H3,(H,22,27)(H,23,24)(H,25,26). The van der Waals surface area contributed by atoms with Gasteiger partial charge in [0.25, 0.3) is 0 Å². The van der Waals surface area contributed by atoms with Crippen LogP contribution in [0, 0.1) is 0 Å². The van der Waals surface area contributed by atoms with E-state index in [1.165, 1.54) is 0 Å². The van der Waals surface area contributed by atoms with E-state index >= 15 is 0 Å². The molecule has 0 fully saturated rings. The molecule has 2 amide bonds. The number of hydrogen-bond donors (Lipinski definition) is 3. The van der Waals surface area contributed by atoms with Crippen LogP contribution < -0.4 is 15.4 Å². The molecule has 1 unspecified atom stereocenters. The van der Waals surface area contributed by atoms with Gasteiger partial charge in [0, 0.05) is 5.69 Å². The number of anilines is 1. The summed E-state index contributed by atoms with van der Waals surface area (Å²) in [6.45, 7) is 1.51. The Morgan fingerprint density at radius 2 is 1.71 bits per heavy atom. The third-order valence-corrected chi connectivity index (χ3v) is 3.92. The van der Waals surface area contributed by atoms with Crippen molar-refractivity contribution < 1.29 is 24.2 Å². The zero-order valence-electron chi connectivity index (χ0n) is 15.7. The number of hydrogen-bond acceptors (Lipinski definition) is 4. The highest BCUT2D eigenvalue weighted by Crippen LogP contribution is 2.16. The molecule has 0 aliphatic carbocycles. The Labute approximate surface area is 163 Å². The van der Waals surface area contributed by atoms with Gasteiger partial charge in [-0.15, -0.1) is 0 Å². The van der Waals surface area contributed by atoms with E-state index < -0.39 is 18.6 Å². The summed E-state index contributed by atoms with van der Waals surface area (Å²) < 4.78 is 5.05. The summed E-state index contributed by atoms with van der Waals surface area (Å²) in [5.74, 6) is -1.19. The zero-order valence-corrected chi connectivity index (χ0v) is 15.7. The molecule has 0 saturated carbocycles. The lowest BCUT2D eigenvalue weighted by Crippen LogP contribution is -2.44. The minimum Gasteiger partial charge on any atom is -0.482 e. The fourth-order valence-corrected chi connectivity index (χ4v) is 2.59. The summed E-state index contributed by atoms with van der Waals surface area (Å²) in [6.07, 6.45) is 1.47. The third-order valence-electron chi connectivity index (χ3n) is 3.92. The zero-order chi connectivity index (χ0) is 20.4. The second-order valence-corrected chi connectivity index (χ2v) is 6.27. The molecule has 7 nitrogen and oxygen atoms in total. The number of carboxylic acid groups (broad SMARTS) is 1. The summed E-state index contributed by atoms with van der Waals surface area (Å²) in [6, 6.07) is 15.1. The molecule has 28 heavy (non-hydrogen) atoms. The lowest BCUT2D eigenvalue weighted by molar-refractivity contribution is -0.139. The lowest BCUT2D eigenvalue weighted by atomic mass is 10.1.